The summed E-state index contributed by atoms with van der Waals surface area (Å²) in [6.07, 6.45) is 1.22. The van der Waals surface area contributed by atoms with E-state index in [1.807, 2.05) is 6.92 Å². The Morgan fingerprint density at radius 2 is 2.25 bits per heavy atom. The number of aliphatic hydroxyl groups excluding tert-OH is 1. The van der Waals surface area contributed by atoms with Crippen LogP contribution in [0.1, 0.15) is 19.8 Å². The summed E-state index contributed by atoms with van der Waals surface area (Å²) in [6, 6.07) is -0.500. The van der Waals surface area contributed by atoms with E-state index in [1.165, 1.54) is 0 Å². The predicted molar refractivity (Wildman–Crippen MR) is 43.7 cm³/mol. The monoisotopic (exact) mass is 176 g/mol. The van der Waals surface area contributed by atoms with Gasteiger partial charge in [-0.1, -0.05) is 6.92 Å². The van der Waals surface area contributed by atoms with Crippen LogP contribution < -0.4 is 10.8 Å². The van der Waals surface area contributed by atoms with Gasteiger partial charge in [0.2, 0.25) is 0 Å². The second-order valence-electron chi connectivity index (χ2n) is 2.50. The maximum Gasteiger partial charge on any atom is 0.260 e. The third-order valence-electron chi connectivity index (χ3n) is 1.49. The lowest BCUT2D eigenvalue weighted by atomic mass is 10.2. The topological polar surface area (TPSA) is 81.6 Å². The van der Waals surface area contributed by atoms with Gasteiger partial charge in [0.1, 0.15) is 0 Å². The highest BCUT2D eigenvalue weighted by Crippen LogP contribution is 1.90. The van der Waals surface area contributed by atoms with Crippen LogP contribution in [0.3, 0.4) is 0 Å². The minimum atomic E-state index is -0.502. The van der Waals surface area contributed by atoms with Crippen molar-refractivity contribution in [1.29, 1.82) is 0 Å². The molecule has 0 aliphatic heterocycles. The van der Waals surface area contributed by atoms with Crippen LogP contribution in [0, 0.1) is 0 Å². The van der Waals surface area contributed by atoms with Gasteiger partial charge in [-0.15, -0.1) is 0 Å². The van der Waals surface area contributed by atoms with Crippen LogP contribution in [0.2, 0.25) is 0 Å². The van der Waals surface area contributed by atoms with Gasteiger partial charge in [0.05, 0.1) is 6.04 Å². The molecule has 72 valence electrons. The van der Waals surface area contributed by atoms with E-state index in [0.717, 1.165) is 6.42 Å². The van der Waals surface area contributed by atoms with Crippen molar-refractivity contribution in [2.45, 2.75) is 25.8 Å². The molecule has 0 aromatic carbocycles. The molecule has 0 fully saturated rings. The van der Waals surface area contributed by atoms with E-state index < -0.39 is 11.9 Å². The highest BCUT2D eigenvalue weighted by molar-refractivity contribution is 5.80. The zero-order valence-corrected chi connectivity index (χ0v) is 7.21. The molecule has 0 aromatic rings. The second-order valence-corrected chi connectivity index (χ2v) is 2.50. The molecular weight excluding hydrogens is 160 g/mol. The minimum absolute atomic E-state index is 0.0746. The van der Waals surface area contributed by atoms with Crippen LogP contribution >= 0.6 is 0 Å². The molecule has 0 aliphatic carbocycles. The van der Waals surface area contributed by atoms with Gasteiger partial charge in [0.25, 0.3) is 5.91 Å². The zero-order valence-electron chi connectivity index (χ0n) is 7.21. The normalized spacial score (nSPS) is 12.6. The SMILES string of the molecule is CCCN[C@@H](CCO)C(=O)NO. The molecule has 0 bridgehead atoms. The summed E-state index contributed by atoms with van der Waals surface area (Å²) in [6.45, 7) is 2.59. The van der Waals surface area contributed by atoms with Crippen LogP contribution in [0.5, 0.6) is 0 Å². The number of aliphatic hydroxyl groups is 1. The van der Waals surface area contributed by atoms with E-state index in [2.05, 4.69) is 5.32 Å². The first-order valence-electron chi connectivity index (χ1n) is 4.04. The Labute approximate surface area is 71.7 Å². The molecule has 1 atom stereocenters. The Bertz CT molecular complexity index is 130. The number of rotatable bonds is 6. The summed E-state index contributed by atoms with van der Waals surface area (Å²) in [4.78, 5) is 10.9. The number of carbonyl (C=O) groups is 1. The molecule has 5 nitrogen and oxygen atoms in total. The van der Waals surface area contributed by atoms with Gasteiger partial charge in [-0.25, -0.2) is 5.48 Å². The van der Waals surface area contributed by atoms with Crippen molar-refractivity contribution in [2.24, 2.45) is 0 Å². The Morgan fingerprint density at radius 1 is 1.58 bits per heavy atom. The summed E-state index contributed by atoms with van der Waals surface area (Å²) in [5.74, 6) is -0.502. The maximum atomic E-state index is 10.9. The van der Waals surface area contributed by atoms with Crippen LogP contribution in [-0.4, -0.2) is 35.4 Å². The molecule has 0 aromatic heterocycles. The first-order valence-corrected chi connectivity index (χ1v) is 4.04. The molecular formula is C7H16N2O3. The maximum absolute atomic E-state index is 10.9. The van der Waals surface area contributed by atoms with Crippen LogP contribution in [-0.2, 0) is 4.79 Å². The molecule has 1 amide bonds. The Morgan fingerprint density at radius 3 is 2.67 bits per heavy atom. The summed E-state index contributed by atoms with van der Waals surface area (Å²) in [5, 5.41) is 19.8. The van der Waals surface area contributed by atoms with E-state index in [-0.39, 0.29) is 6.61 Å². The number of hydrogen-bond donors (Lipinski definition) is 4. The molecule has 12 heavy (non-hydrogen) atoms. The van der Waals surface area contributed by atoms with Gasteiger partial charge in [-0.3, -0.25) is 10.0 Å². The van der Waals surface area contributed by atoms with E-state index >= 15 is 0 Å². The Hall–Kier alpha value is -0.650. The standard InChI is InChI=1S/C7H16N2O3/c1-2-4-8-6(3-5-10)7(11)9-12/h6,8,10,12H,2-5H2,1H3,(H,9,11)/t6-/m0/s1. The third kappa shape index (κ3) is 4.27. The van der Waals surface area contributed by atoms with Crippen molar-refractivity contribution < 1.29 is 15.1 Å². The highest BCUT2D eigenvalue weighted by Gasteiger charge is 2.15. The second kappa shape index (κ2) is 7.02. The number of carbonyl (C=O) groups excluding carboxylic acids is 1. The third-order valence-corrected chi connectivity index (χ3v) is 1.49. The molecule has 0 saturated carbocycles. The van der Waals surface area contributed by atoms with E-state index in [9.17, 15) is 4.79 Å². The van der Waals surface area contributed by atoms with Gasteiger partial charge >= 0.3 is 0 Å². The Balaban J connectivity index is 3.76. The number of hydrogen-bond acceptors (Lipinski definition) is 4. The summed E-state index contributed by atoms with van der Waals surface area (Å²) < 4.78 is 0. The first kappa shape index (κ1) is 11.4. The average molecular weight is 176 g/mol. The first-order chi connectivity index (χ1) is 5.76. The van der Waals surface area contributed by atoms with Gasteiger partial charge in [-0.05, 0) is 19.4 Å². The molecule has 5 heteroatoms. The fraction of sp³-hybridized carbons (Fsp3) is 0.857. The quantitative estimate of drug-likeness (QED) is 0.317. The fourth-order valence-corrected chi connectivity index (χ4v) is 0.851. The predicted octanol–water partition coefficient (Wildman–Crippen LogP) is -0.758. The smallest absolute Gasteiger partial charge is 0.260 e. The average Bonchev–Trinajstić information content (AvgIpc) is 2.11. The number of hydroxylamine groups is 1. The van der Waals surface area contributed by atoms with Gasteiger partial charge in [-0.2, -0.15) is 0 Å². The van der Waals surface area contributed by atoms with Gasteiger partial charge in [0, 0.05) is 6.61 Å². The molecule has 4 N–H and O–H groups in total. The van der Waals surface area contributed by atoms with Crippen LogP contribution in [0.15, 0.2) is 0 Å². The summed E-state index contributed by atoms with van der Waals surface area (Å²) >= 11 is 0. The summed E-state index contributed by atoms with van der Waals surface area (Å²) in [5.41, 5.74) is 1.55. The van der Waals surface area contributed by atoms with Crippen molar-refractivity contribution in [3.63, 3.8) is 0 Å². The largest absolute Gasteiger partial charge is 0.396 e. The van der Waals surface area contributed by atoms with Gasteiger partial charge < -0.3 is 10.4 Å². The molecule has 0 radical (unpaired) electrons. The van der Waals surface area contributed by atoms with Crippen molar-refractivity contribution in [2.75, 3.05) is 13.2 Å². The lowest BCUT2D eigenvalue weighted by molar-refractivity contribution is -0.131. The van der Waals surface area contributed by atoms with Crippen molar-refractivity contribution in [1.82, 2.24) is 10.8 Å². The molecule has 0 rings (SSSR count). The van der Waals surface area contributed by atoms with E-state index in [1.54, 1.807) is 5.48 Å². The number of amides is 1. The molecule has 0 heterocycles. The van der Waals surface area contributed by atoms with E-state index in [4.69, 9.17) is 10.3 Å². The van der Waals surface area contributed by atoms with Gasteiger partial charge in [0.15, 0.2) is 0 Å². The van der Waals surface area contributed by atoms with Crippen LogP contribution in [0.4, 0.5) is 0 Å². The molecule has 0 spiro atoms. The highest BCUT2D eigenvalue weighted by atomic mass is 16.5. The van der Waals surface area contributed by atoms with Crippen molar-refractivity contribution >= 4 is 5.91 Å². The molecule has 0 saturated heterocycles. The zero-order chi connectivity index (χ0) is 9.40. The summed E-state index contributed by atoms with van der Waals surface area (Å²) in [7, 11) is 0. The minimum Gasteiger partial charge on any atom is -0.396 e. The Kier molecular flexibility index (Phi) is 6.64. The molecule has 0 aliphatic rings. The van der Waals surface area contributed by atoms with Crippen molar-refractivity contribution in [3.05, 3.63) is 0 Å². The van der Waals surface area contributed by atoms with Crippen molar-refractivity contribution in [3.8, 4) is 0 Å². The lowest BCUT2D eigenvalue weighted by Crippen LogP contribution is -2.43. The van der Waals surface area contributed by atoms with E-state index in [0.29, 0.717) is 13.0 Å². The fourth-order valence-electron chi connectivity index (χ4n) is 0.851. The lowest BCUT2D eigenvalue weighted by Gasteiger charge is -2.14. The number of nitrogens with one attached hydrogen (secondary N) is 2. The van der Waals surface area contributed by atoms with Crippen LogP contribution in [0.25, 0.3) is 0 Å². The molecule has 0 unspecified atom stereocenters.